The maximum Gasteiger partial charge on any atom is 0.198 e. The van der Waals surface area contributed by atoms with E-state index >= 15 is 0 Å². The Morgan fingerprint density at radius 1 is 1.29 bits per heavy atom. The minimum absolute atomic E-state index is 0.0175. The Hall–Kier alpha value is -3.14. The first-order chi connectivity index (χ1) is 11.6. The molecule has 3 rings (SSSR count). The van der Waals surface area contributed by atoms with Crippen molar-refractivity contribution in [2.24, 2.45) is 0 Å². The number of halogens is 2. The van der Waals surface area contributed by atoms with Gasteiger partial charge in [-0.25, -0.2) is 13.8 Å². The molecule has 0 radical (unpaired) electrons. The van der Waals surface area contributed by atoms with Gasteiger partial charge in [0.1, 0.15) is 11.4 Å². The molecule has 24 heavy (non-hydrogen) atoms. The van der Waals surface area contributed by atoms with Gasteiger partial charge in [-0.3, -0.25) is 0 Å². The predicted octanol–water partition coefficient (Wildman–Crippen LogP) is 4.06. The smallest absolute Gasteiger partial charge is 0.198 e. The number of nitrogens with one attached hydrogen (secondary N) is 1. The summed E-state index contributed by atoms with van der Waals surface area (Å²) in [7, 11) is 0. The normalized spacial score (nSPS) is 10.7. The molecule has 0 spiro atoms. The number of fused-ring (bicyclic) bond motifs is 1. The summed E-state index contributed by atoms with van der Waals surface area (Å²) in [4.78, 5) is 7.18. The first-order valence-corrected chi connectivity index (χ1v) is 7.34. The third-order valence-corrected chi connectivity index (χ3v) is 3.58. The molecule has 0 saturated heterocycles. The number of aromatic amines is 1. The first-order valence-electron chi connectivity index (χ1n) is 7.34. The highest BCUT2D eigenvalue weighted by atomic mass is 19.1. The minimum Gasteiger partial charge on any atom is -0.450 e. The van der Waals surface area contributed by atoms with Crippen molar-refractivity contribution in [3.8, 4) is 17.6 Å². The van der Waals surface area contributed by atoms with Gasteiger partial charge in [-0.15, -0.1) is 0 Å². The monoisotopic (exact) mass is 328 g/mol. The number of nitriles is 1. The average Bonchev–Trinajstić information content (AvgIpc) is 2.95. The summed E-state index contributed by atoms with van der Waals surface area (Å²) in [6.45, 7) is 0. The van der Waals surface area contributed by atoms with Gasteiger partial charge in [0, 0.05) is 36.6 Å². The fraction of sp³-hybridized carbons (Fsp3) is 0.176. The number of hydrogen-bond donors (Lipinski definition) is 2. The fourth-order valence-electron chi connectivity index (χ4n) is 2.52. The van der Waals surface area contributed by atoms with Gasteiger partial charge in [-0.2, -0.15) is 5.26 Å². The number of nitrogens with zero attached hydrogens (tertiary/aromatic N) is 2. The number of ether oxygens (including phenoxy) is 1. The van der Waals surface area contributed by atoms with E-state index in [1.807, 2.05) is 0 Å². The van der Waals surface area contributed by atoms with E-state index < -0.39 is 17.4 Å². The summed E-state index contributed by atoms with van der Waals surface area (Å²) in [5, 5.41) is 9.30. The molecule has 0 atom stereocenters. The van der Waals surface area contributed by atoms with Crippen LogP contribution < -0.4 is 10.5 Å². The lowest BCUT2D eigenvalue weighted by Gasteiger charge is -2.10. The molecular weight excluding hydrogens is 314 g/mol. The Labute approximate surface area is 136 Å². The summed E-state index contributed by atoms with van der Waals surface area (Å²) < 4.78 is 33.4. The molecule has 0 aliphatic heterocycles. The molecule has 2 aromatic heterocycles. The standard InChI is InChI=1S/C17H14F2N4O/c18-12-7-11(21)8-13(19)16(12)24-14-4-6-22-17-15(14)10(9-23-17)3-1-2-5-20/h4,6-9H,1-3,21H2,(H,22,23). The van der Waals surface area contributed by atoms with Crippen molar-refractivity contribution in [1.82, 2.24) is 9.97 Å². The number of H-pyrrole nitrogens is 1. The maximum atomic E-state index is 14.0. The Morgan fingerprint density at radius 3 is 2.75 bits per heavy atom. The van der Waals surface area contributed by atoms with E-state index in [1.54, 1.807) is 12.3 Å². The molecule has 7 heteroatoms. The number of aromatic nitrogens is 2. The first kappa shape index (κ1) is 15.7. The van der Waals surface area contributed by atoms with Gasteiger partial charge in [0.25, 0.3) is 0 Å². The molecule has 0 bridgehead atoms. The molecule has 2 heterocycles. The highest BCUT2D eigenvalue weighted by molar-refractivity contribution is 5.86. The molecule has 0 saturated carbocycles. The molecule has 0 aliphatic rings. The zero-order chi connectivity index (χ0) is 17.1. The van der Waals surface area contributed by atoms with Crippen LogP contribution in [0.1, 0.15) is 18.4 Å². The van der Waals surface area contributed by atoms with E-state index in [-0.39, 0.29) is 11.4 Å². The van der Waals surface area contributed by atoms with E-state index in [2.05, 4.69) is 16.0 Å². The van der Waals surface area contributed by atoms with Crippen LogP contribution in [0.2, 0.25) is 0 Å². The second-order valence-corrected chi connectivity index (χ2v) is 5.27. The number of aryl methyl sites for hydroxylation is 1. The van der Waals surface area contributed by atoms with Gasteiger partial charge in [0.05, 0.1) is 11.5 Å². The third-order valence-electron chi connectivity index (χ3n) is 3.58. The summed E-state index contributed by atoms with van der Waals surface area (Å²) in [5.74, 6) is -1.98. The van der Waals surface area contributed by atoms with Gasteiger partial charge in [0.15, 0.2) is 17.4 Å². The lowest BCUT2D eigenvalue weighted by atomic mass is 10.1. The third kappa shape index (κ3) is 2.99. The number of hydrogen-bond acceptors (Lipinski definition) is 4. The molecule has 0 unspecified atom stereocenters. The van der Waals surface area contributed by atoms with Gasteiger partial charge in [0.2, 0.25) is 0 Å². The molecule has 0 amide bonds. The molecular formula is C17H14F2N4O. The van der Waals surface area contributed by atoms with Crippen molar-refractivity contribution in [3.63, 3.8) is 0 Å². The Balaban J connectivity index is 2.01. The van der Waals surface area contributed by atoms with Crippen LogP contribution in [0.3, 0.4) is 0 Å². The zero-order valence-electron chi connectivity index (χ0n) is 12.6. The Morgan fingerprint density at radius 2 is 2.04 bits per heavy atom. The van der Waals surface area contributed by atoms with Gasteiger partial charge >= 0.3 is 0 Å². The van der Waals surface area contributed by atoms with E-state index in [0.717, 1.165) is 17.7 Å². The summed E-state index contributed by atoms with van der Waals surface area (Å²) in [6, 6.07) is 5.63. The average molecular weight is 328 g/mol. The largest absolute Gasteiger partial charge is 0.450 e. The van der Waals surface area contributed by atoms with Crippen molar-refractivity contribution in [3.05, 3.63) is 47.8 Å². The van der Waals surface area contributed by atoms with E-state index in [9.17, 15) is 8.78 Å². The highest BCUT2D eigenvalue weighted by Gasteiger charge is 2.17. The van der Waals surface area contributed by atoms with Crippen LogP contribution in [0.15, 0.2) is 30.6 Å². The second-order valence-electron chi connectivity index (χ2n) is 5.27. The number of benzene rings is 1. The lowest BCUT2D eigenvalue weighted by Crippen LogP contribution is -1.97. The van der Waals surface area contributed by atoms with Crippen LogP contribution in [0.25, 0.3) is 11.0 Å². The Bertz CT molecular complexity index is 907. The quantitative estimate of drug-likeness (QED) is 0.546. The SMILES string of the molecule is N#CCCCc1c[nH]c2nccc(Oc3c(F)cc(N)cc3F)c12. The van der Waals surface area contributed by atoms with Crippen molar-refractivity contribution >= 4 is 16.7 Å². The molecule has 5 nitrogen and oxygen atoms in total. The molecule has 3 N–H and O–H groups in total. The topological polar surface area (TPSA) is 87.7 Å². The van der Waals surface area contributed by atoms with Crippen LogP contribution in [0.5, 0.6) is 11.5 Å². The summed E-state index contributed by atoms with van der Waals surface area (Å²) >= 11 is 0. The summed E-state index contributed by atoms with van der Waals surface area (Å²) in [5.41, 5.74) is 6.82. The van der Waals surface area contributed by atoms with Crippen LogP contribution in [0, 0.1) is 23.0 Å². The molecule has 122 valence electrons. The van der Waals surface area contributed by atoms with Crippen LogP contribution in [-0.2, 0) is 6.42 Å². The lowest BCUT2D eigenvalue weighted by molar-refractivity contribution is 0.411. The fourth-order valence-corrected chi connectivity index (χ4v) is 2.52. The molecule has 3 aromatic rings. The number of nitrogens with two attached hydrogens (primary N) is 1. The highest BCUT2D eigenvalue weighted by Crippen LogP contribution is 2.35. The number of unbranched alkanes of at least 4 members (excludes halogenated alkanes) is 1. The summed E-state index contributed by atoms with van der Waals surface area (Å²) in [6.07, 6.45) is 4.97. The van der Waals surface area contributed by atoms with Crippen molar-refractivity contribution in [1.29, 1.82) is 5.26 Å². The van der Waals surface area contributed by atoms with E-state index in [4.69, 9.17) is 15.7 Å². The van der Waals surface area contributed by atoms with Crippen LogP contribution in [0.4, 0.5) is 14.5 Å². The number of anilines is 1. The second kappa shape index (κ2) is 6.54. The van der Waals surface area contributed by atoms with Crippen LogP contribution >= 0.6 is 0 Å². The molecule has 0 aliphatic carbocycles. The van der Waals surface area contributed by atoms with Crippen molar-refractivity contribution < 1.29 is 13.5 Å². The van der Waals surface area contributed by atoms with Gasteiger partial charge < -0.3 is 15.5 Å². The number of nitrogen functional groups attached to an aromatic ring is 1. The predicted molar refractivity (Wildman–Crippen MR) is 85.5 cm³/mol. The minimum atomic E-state index is -0.876. The molecule has 0 fully saturated rings. The maximum absolute atomic E-state index is 14.0. The van der Waals surface area contributed by atoms with Crippen LogP contribution in [-0.4, -0.2) is 9.97 Å². The van der Waals surface area contributed by atoms with Gasteiger partial charge in [-0.05, 0) is 24.5 Å². The Kier molecular flexibility index (Phi) is 4.29. The van der Waals surface area contributed by atoms with Crippen molar-refractivity contribution in [2.75, 3.05) is 5.73 Å². The van der Waals surface area contributed by atoms with E-state index in [0.29, 0.717) is 30.3 Å². The van der Waals surface area contributed by atoms with Crippen molar-refractivity contribution in [2.45, 2.75) is 19.3 Å². The number of pyridine rings is 1. The molecule has 1 aromatic carbocycles. The van der Waals surface area contributed by atoms with E-state index in [1.165, 1.54) is 6.20 Å². The number of rotatable bonds is 5. The zero-order valence-corrected chi connectivity index (χ0v) is 12.6. The van der Waals surface area contributed by atoms with Gasteiger partial charge in [-0.1, -0.05) is 0 Å².